The van der Waals surface area contributed by atoms with E-state index in [-0.39, 0.29) is 24.0 Å². The number of benzene rings is 1. The van der Waals surface area contributed by atoms with Crippen molar-refractivity contribution in [3.05, 3.63) is 41.8 Å². The van der Waals surface area contributed by atoms with Crippen molar-refractivity contribution in [3.63, 3.8) is 0 Å². The van der Waals surface area contributed by atoms with Crippen molar-refractivity contribution in [2.45, 2.75) is 33.2 Å². The third-order valence-corrected chi connectivity index (χ3v) is 5.62. The number of hydrogen-bond acceptors (Lipinski definition) is 5. The molecule has 0 spiro atoms. The highest BCUT2D eigenvalue weighted by Gasteiger charge is 2.14. The van der Waals surface area contributed by atoms with E-state index < -0.39 is 0 Å². The maximum absolute atomic E-state index is 5.62. The van der Waals surface area contributed by atoms with Gasteiger partial charge in [0.15, 0.2) is 5.96 Å². The molecule has 2 N–H and O–H groups in total. The SMILES string of the molecule is CCN1CCN(CCCCNC(=NC)NCc2coc(-c3ccc(C)cc3)n2)CC1.I. The fourth-order valence-electron chi connectivity index (χ4n) is 3.61. The molecule has 8 heteroatoms. The quantitative estimate of drug-likeness (QED) is 0.220. The molecule has 1 aliphatic heterocycles. The van der Waals surface area contributed by atoms with Crippen LogP contribution in [0.1, 0.15) is 31.0 Å². The summed E-state index contributed by atoms with van der Waals surface area (Å²) in [6.07, 6.45) is 4.04. The van der Waals surface area contributed by atoms with Crippen LogP contribution in [0.3, 0.4) is 0 Å². The predicted molar refractivity (Wildman–Crippen MR) is 138 cm³/mol. The lowest BCUT2D eigenvalue weighted by Crippen LogP contribution is -2.46. The van der Waals surface area contributed by atoms with Crippen LogP contribution in [0.4, 0.5) is 0 Å². The Morgan fingerprint density at radius 2 is 1.77 bits per heavy atom. The summed E-state index contributed by atoms with van der Waals surface area (Å²) in [7, 11) is 1.79. The number of nitrogens with zero attached hydrogens (tertiary/aromatic N) is 4. The van der Waals surface area contributed by atoms with Crippen molar-refractivity contribution < 1.29 is 4.42 Å². The number of guanidine groups is 1. The second-order valence-corrected chi connectivity index (χ2v) is 7.85. The third kappa shape index (κ3) is 8.42. The maximum Gasteiger partial charge on any atom is 0.226 e. The van der Waals surface area contributed by atoms with Crippen LogP contribution in [0.2, 0.25) is 0 Å². The number of oxazole rings is 1. The summed E-state index contributed by atoms with van der Waals surface area (Å²) in [5, 5.41) is 6.70. The first-order chi connectivity index (χ1) is 14.7. The number of unbranched alkanes of at least 4 members (excludes halogenated alkanes) is 1. The highest BCUT2D eigenvalue weighted by atomic mass is 127. The summed E-state index contributed by atoms with van der Waals surface area (Å²) in [6, 6.07) is 8.19. The molecule has 0 unspecified atom stereocenters. The van der Waals surface area contributed by atoms with Crippen molar-refractivity contribution in [1.82, 2.24) is 25.4 Å². The Bertz CT molecular complexity index is 784. The van der Waals surface area contributed by atoms with Gasteiger partial charge in [0.2, 0.25) is 5.89 Å². The molecule has 0 bridgehead atoms. The van der Waals surface area contributed by atoms with Crippen LogP contribution in [0, 0.1) is 6.92 Å². The normalized spacial score (nSPS) is 15.5. The largest absolute Gasteiger partial charge is 0.444 e. The number of aryl methyl sites for hydroxylation is 1. The van der Waals surface area contributed by atoms with E-state index in [1.807, 2.05) is 12.1 Å². The number of likely N-dealkylation sites (N-methyl/N-ethyl adjacent to an activating group) is 1. The molecule has 3 rings (SSSR count). The van der Waals surface area contributed by atoms with Crippen molar-refractivity contribution >= 4 is 29.9 Å². The van der Waals surface area contributed by atoms with Gasteiger partial charge in [0.25, 0.3) is 0 Å². The molecule has 7 nitrogen and oxygen atoms in total. The Labute approximate surface area is 203 Å². The van der Waals surface area contributed by atoms with E-state index in [9.17, 15) is 0 Å². The fourth-order valence-corrected chi connectivity index (χ4v) is 3.61. The lowest BCUT2D eigenvalue weighted by atomic mass is 10.1. The molecule has 31 heavy (non-hydrogen) atoms. The van der Waals surface area contributed by atoms with E-state index >= 15 is 0 Å². The standard InChI is InChI=1S/C23H36N6O.HI/c1-4-28-13-15-29(16-14-28)12-6-5-11-25-23(24-3)26-17-21-18-30-22(27-21)20-9-7-19(2)8-10-20;/h7-10,18H,4-6,11-17H2,1-3H3,(H2,24,25,26);1H. The number of piperazine rings is 1. The maximum atomic E-state index is 5.62. The first-order valence-electron chi connectivity index (χ1n) is 11.1. The second-order valence-electron chi connectivity index (χ2n) is 7.85. The number of aromatic nitrogens is 1. The number of hydrogen-bond donors (Lipinski definition) is 2. The zero-order valence-corrected chi connectivity index (χ0v) is 21.4. The lowest BCUT2D eigenvalue weighted by molar-refractivity contribution is 0.136. The molecule has 0 saturated carbocycles. The predicted octanol–water partition coefficient (Wildman–Crippen LogP) is 3.35. The van der Waals surface area contributed by atoms with Gasteiger partial charge in [0.1, 0.15) is 6.26 Å². The molecule has 172 valence electrons. The van der Waals surface area contributed by atoms with E-state index in [0.29, 0.717) is 12.4 Å². The molecule has 1 saturated heterocycles. The van der Waals surface area contributed by atoms with E-state index in [0.717, 1.165) is 30.2 Å². The molecule has 1 aromatic carbocycles. The second kappa shape index (κ2) is 13.7. The van der Waals surface area contributed by atoms with Crippen LogP contribution in [0.5, 0.6) is 0 Å². The fraction of sp³-hybridized carbons (Fsp3) is 0.565. The smallest absolute Gasteiger partial charge is 0.226 e. The van der Waals surface area contributed by atoms with Crippen molar-refractivity contribution in [1.29, 1.82) is 0 Å². The van der Waals surface area contributed by atoms with Crippen LogP contribution in [0.25, 0.3) is 11.5 Å². The zero-order chi connectivity index (χ0) is 21.2. The van der Waals surface area contributed by atoms with Crippen LogP contribution >= 0.6 is 24.0 Å². The summed E-state index contributed by atoms with van der Waals surface area (Å²) < 4.78 is 5.62. The van der Waals surface area contributed by atoms with Gasteiger partial charge >= 0.3 is 0 Å². The van der Waals surface area contributed by atoms with Gasteiger partial charge in [0, 0.05) is 45.3 Å². The minimum absolute atomic E-state index is 0. The minimum atomic E-state index is 0. The highest BCUT2D eigenvalue weighted by Crippen LogP contribution is 2.18. The van der Waals surface area contributed by atoms with Gasteiger partial charge in [-0.2, -0.15) is 0 Å². The molecule has 0 radical (unpaired) electrons. The summed E-state index contributed by atoms with van der Waals surface area (Å²) in [4.78, 5) is 14.0. The van der Waals surface area contributed by atoms with E-state index in [4.69, 9.17) is 4.42 Å². The Balaban J connectivity index is 0.00000341. The van der Waals surface area contributed by atoms with Gasteiger partial charge in [0.05, 0.1) is 12.2 Å². The molecule has 0 atom stereocenters. The van der Waals surface area contributed by atoms with Gasteiger partial charge in [-0.25, -0.2) is 4.98 Å². The lowest BCUT2D eigenvalue weighted by Gasteiger charge is -2.34. The Morgan fingerprint density at radius 1 is 1.06 bits per heavy atom. The summed E-state index contributed by atoms with van der Waals surface area (Å²) >= 11 is 0. The van der Waals surface area contributed by atoms with Crippen LogP contribution in [0.15, 0.2) is 39.9 Å². The van der Waals surface area contributed by atoms with Crippen molar-refractivity contribution in [2.75, 3.05) is 52.9 Å². The summed E-state index contributed by atoms with van der Waals surface area (Å²) in [5.41, 5.74) is 3.08. The molecular formula is C23H37IN6O. The molecule has 2 heterocycles. The van der Waals surface area contributed by atoms with Gasteiger partial charge in [-0.05, 0) is 45.0 Å². The van der Waals surface area contributed by atoms with Crippen molar-refractivity contribution in [2.24, 2.45) is 4.99 Å². The average molecular weight is 540 g/mol. The summed E-state index contributed by atoms with van der Waals surface area (Å²) in [6.45, 7) is 13.0. The molecule has 1 aliphatic rings. The number of aliphatic imine (C=N–C) groups is 1. The Morgan fingerprint density at radius 3 is 2.45 bits per heavy atom. The first kappa shape index (κ1) is 25.6. The average Bonchev–Trinajstić information content (AvgIpc) is 3.25. The van der Waals surface area contributed by atoms with E-state index in [1.54, 1.807) is 13.3 Å². The topological polar surface area (TPSA) is 68.9 Å². The van der Waals surface area contributed by atoms with E-state index in [1.165, 1.54) is 51.3 Å². The van der Waals surface area contributed by atoms with Gasteiger partial charge < -0.3 is 24.9 Å². The molecule has 2 aromatic rings. The van der Waals surface area contributed by atoms with Crippen LogP contribution in [-0.4, -0.2) is 73.6 Å². The minimum Gasteiger partial charge on any atom is -0.444 e. The highest BCUT2D eigenvalue weighted by molar-refractivity contribution is 14.0. The Hall–Kier alpha value is -1.65. The molecular weight excluding hydrogens is 503 g/mol. The zero-order valence-electron chi connectivity index (χ0n) is 19.1. The van der Waals surface area contributed by atoms with Gasteiger partial charge in [-0.15, -0.1) is 24.0 Å². The van der Waals surface area contributed by atoms with Gasteiger partial charge in [-0.1, -0.05) is 24.6 Å². The third-order valence-electron chi connectivity index (χ3n) is 5.62. The van der Waals surface area contributed by atoms with Crippen LogP contribution < -0.4 is 10.6 Å². The number of rotatable bonds is 9. The molecule has 1 aromatic heterocycles. The number of halogens is 1. The monoisotopic (exact) mass is 540 g/mol. The van der Waals surface area contributed by atoms with Crippen molar-refractivity contribution in [3.8, 4) is 11.5 Å². The summed E-state index contributed by atoms with van der Waals surface area (Å²) in [5.74, 6) is 1.45. The molecule has 1 fully saturated rings. The Kier molecular flexibility index (Phi) is 11.3. The van der Waals surface area contributed by atoms with Crippen LogP contribution in [-0.2, 0) is 6.54 Å². The number of nitrogens with one attached hydrogen (secondary N) is 2. The first-order valence-corrected chi connectivity index (χ1v) is 11.1. The molecule has 0 amide bonds. The van der Waals surface area contributed by atoms with Gasteiger partial charge in [-0.3, -0.25) is 4.99 Å². The molecule has 0 aliphatic carbocycles. The van der Waals surface area contributed by atoms with E-state index in [2.05, 4.69) is 56.4 Å².